The summed E-state index contributed by atoms with van der Waals surface area (Å²) < 4.78 is 15.8. The average Bonchev–Trinajstić information content (AvgIpc) is 3.50. The molecule has 256 valence electrons. The highest BCUT2D eigenvalue weighted by molar-refractivity contribution is 8.00. The van der Waals surface area contributed by atoms with E-state index < -0.39 is 11.2 Å². The monoisotopic (exact) mass is 707 g/mol. The first-order valence-electron chi connectivity index (χ1n) is 16.0. The first-order chi connectivity index (χ1) is 24.4. The highest BCUT2D eigenvalue weighted by Crippen LogP contribution is 2.41. The number of anilines is 2. The second kappa shape index (κ2) is 16.1. The minimum absolute atomic E-state index is 0.272. The van der Waals surface area contributed by atoms with Gasteiger partial charge in [-0.2, -0.15) is 0 Å². The van der Waals surface area contributed by atoms with Crippen LogP contribution in [-0.4, -0.2) is 50.6 Å². The van der Waals surface area contributed by atoms with Crippen LogP contribution < -0.4 is 20.1 Å². The summed E-state index contributed by atoms with van der Waals surface area (Å²) in [5.74, 6) is -0.0708. The Hall–Kier alpha value is -5.10. The number of esters is 1. The zero-order valence-corrected chi connectivity index (χ0v) is 29.6. The number of rotatable bonds is 12. The minimum Gasteiger partial charge on any atom is -0.493 e. The molecule has 1 aromatic heterocycles. The van der Waals surface area contributed by atoms with Crippen molar-refractivity contribution in [1.82, 2.24) is 4.90 Å². The zero-order valence-electron chi connectivity index (χ0n) is 27.9. The SMILES string of the molecule is COC(=O)c1c(NC(=O)C(Sc2cccc(NC(=O)c3ccc(OC)c(OC)c3)c2)c2ccccc2)sc2c1CCN(Cc1ccccc1)C2. The van der Waals surface area contributed by atoms with Crippen molar-refractivity contribution < 1.29 is 28.6 Å². The van der Waals surface area contributed by atoms with Crippen molar-refractivity contribution in [2.75, 3.05) is 38.5 Å². The Morgan fingerprint density at radius 1 is 0.840 bits per heavy atom. The summed E-state index contributed by atoms with van der Waals surface area (Å²) in [6.45, 7) is 2.26. The Bertz CT molecular complexity index is 1980. The second-order valence-electron chi connectivity index (χ2n) is 11.6. The molecule has 50 heavy (non-hydrogen) atoms. The molecular weight excluding hydrogens is 671 g/mol. The Balaban J connectivity index is 1.22. The fraction of sp³-hybridized carbons (Fsp3) is 0.205. The minimum atomic E-state index is -0.660. The fourth-order valence-electron chi connectivity index (χ4n) is 5.88. The lowest BCUT2D eigenvalue weighted by Gasteiger charge is -2.27. The standard InChI is InChI=1S/C39H37N3O6S2/c1-46-31-18-17-27(21-32(31)47-2)36(43)40-28-15-10-16-29(22-28)49-35(26-13-8-5-9-14-26)37(44)41-38-34(39(45)48-3)30-19-20-42(24-33(30)50-38)23-25-11-6-4-7-12-25/h4-18,21-22,35H,19-20,23-24H2,1-3H3,(H,40,43)(H,41,44). The molecule has 1 unspecified atom stereocenters. The van der Waals surface area contributed by atoms with Crippen molar-refractivity contribution in [3.05, 3.63) is 136 Å². The number of thioether (sulfide) groups is 1. The van der Waals surface area contributed by atoms with E-state index in [1.807, 2.05) is 66.7 Å². The Labute approximate surface area is 299 Å². The molecule has 0 radical (unpaired) electrons. The van der Waals surface area contributed by atoms with Crippen molar-refractivity contribution in [3.8, 4) is 11.5 Å². The molecule has 11 heteroatoms. The maximum atomic E-state index is 14.2. The number of ether oxygens (including phenoxy) is 3. The average molecular weight is 708 g/mol. The number of nitrogens with one attached hydrogen (secondary N) is 2. The maximum Gasteiger partial charge on any atom is 0.341 e. The molecule has 9 nitrogen and oxygen atoms in total. The van der Waals surface area contributed by atoms with Gasteiger partial charge in [0.25, 0.3) is 5.91 Å². The van der Waals surface area contributed by atoms with E-state index in [0.29, 0.717) is 46.3 Å². The van der Waals surface area contributed by atoms with Gasteiger partial charge >= 0.3 is 5.97 Å². The molecule has 0 fully saturated rings. The molecule has 0 spiro atoms. The molecular formula is C39H37N3O6S2. The summed E-state index contributed by atoms with van der Waals surface area (Å²) in [6.07, 6.45) is 0.678. The van der Waals surface area contributed by atoms with E-state index in [4.69, 9.17) is 14.2 Å². The van der Waals surface area contributed by atoms with Gasteiger partial charge in [-0.3, -0.25) is 14.5 Å². The fourth-order valence-corrected chi connectivity index (χ4v) is 8.25. The molecule has 2 amide bonds. The van der Waals surface area contributed by atoms with Gasteiger partial charge in [-0.15, -0.1) is 23.1 Å². The van der Waals surface area contributed by atoms with Crippen LogP contribution in [0, 0.1) is 0 Å². The van der Waals surface area contributed by atoms with Crippen molar-refractivity contribution in [1.29, 1.82) is 0 Å². The predicted octanol–water partition coefficient (Wildman–Crippen LogP) is 7.83. The van der Waals surface area contributed by atoms with Gasteiger partial charge in [0.05, 0.1) is 26.9 Å². The molecule has 1 aliphatic heterocycles. The molecule has 5 aromatic rings. The number of carbonyl (C=O) groups excluding carboxylic acids is 3. The Kier molecular flexibility index (Phi) is 11.2. The smallest absolute Gasteiger partial charge is 0.341 e. The number of thiophene rings is 1. The quantitative estimate of drug-likeness (QED) is 0.0999. The number of amides is 2. The van der Waals surface area contributed by atoms with Crippen LogP contribution in [0.15, 0.2) is 108 Å². The van der Waals surface area contributed by atoms with Gasteiger partial charge in [0, 0.05) is 40.7 Å². The van der Waals surface area contributed by atoms with Crippen LogP contribution in [0.1, 0.15) is 47.5 Å². The van der Waals surface area contributed by atoms with E-state index in [0.717, 1.165) is 34.0 Å². The number of carbonyl (C=O) groups is 3. The molecule has 6 rings (SSSR count). The number of hydrogen-bond donors (Lipinski definition) is 2. The summed E-state index contributed by atoms with van der Waals surface area (Å²) in [5.41, 5.74) is 4.36. The van der Waals surface area contributed by atoms with Gasteiger partial charge in [0.1, 0.15) is 10.3 Å². The van der Waals surface area contributed by atoms with Gasteiger partial charge in [0.2, 0.25) is 5.91 Å². The van der Waals surface area contributed by atoms with Crippen LogP contribution >= 0.6 is 23.1 Å². The third-order valence-corrected chi connectivity index (χ3v) is 10.7. The maximum absolute atomic E-state index is 14.2. The summed E-state index contributed by atoms with van der Waals surface area (Å²) >= 11 is 2.79. The number of methoxy groups -OCH3 is 3. The van der Waals surface area contributed by atoms with E-state index in [1.54, 1.807) is 24.3 Å². The van der Waals surface area contributed by atoms with E-state index in [2.05, 4.69) is 27.7 Å². The molecule has 0 aliphatic carbocycles. The van der Waals surface area contributed by atoms with E-state index in [1.165, 1.54) is 50.0 Å². The molecule has 0 saturated heterocycles. The zero-order chi connectivity index (χ0) is 35.0. The highest BCUT2D eigenvalue weighted by Gasteiger charge is 2.31. The van der Waals surface area contributed by atoms with Gasteiger partial charge in [-0.25, -0.2) is 4.79 Å². The first-order valence-corrected chi connectivity index (χ1v) is 17.7. The van der Waals surface area contributed by atoms with Gasteiger partial charge in [-0.1, -0.05) is 66.7 Å². The third kappa shape index (κ3) is 8.02. The topological polar surface area (TPSA) is 106 Å². The number of fused-ring (bicyclic) bond motifs is 1. The molecule has 2 N–H and O–H groups in total. The van der Waals surface area contributed by atoms with Crippen LogP contribution in [0.3, 0.4) is 0 Å². The lowest BCUT2D eigenvalue weighted by molar-refractivity contribution is -0.115. The summed E-state index contributed by atoms with van der Waals surface area (Å²) in [4.78, 5) is 44.6. The molecule has 0 bridgehead atoms. The summed E-state index contributed by atoms with van der Waals surface area (Å²) in [7, 11) is 4.42. The molecule has 0 saturated carbocycles. The van der Waals surface area contributed by atoms with Crippen LogP contribution in [0.5, 0.6) is 11.5 Å². The molecule has 2 heterocycles. The number of nitrogens with zero attached hydrogens (tertiary/aromatic N) is 1. The van der Waals surface area contributed by atoms with Gasteiger partial charge in [-0.05, 0) is 59.5 Å². The van der Waals surface area contributed by atoms with Crippen LogP contribution in [0.4, 0.5) is 10.7 Å². The summed E-state index contributed by atoms with van der Waals surface area (Å²) in [6, 6.07) is 32.1. The van der Waals surface area contributed by atoms with Crippen molar-refractivity contribution >= 4 is 51.6 Å². The summed E-state index contributed by atoms with van der Waals surface area (Å²) in [5, 5.41) is 5.87. The lowest BCUT2D eigenvalue weighted by atomic mass is 10.0. The number of benzene rings is 4. The first kappa shape index (κ1) is 34.8. The van der Waals surface area contributed by atoms with E-state index >= 15 is 0 Å². The van der Waals surface area contributed by atoms with Gasteiger partial charge in [0.15, 0.2) is 11.5 Å². The third-order valence-electron chi connectivity index (χ3n) is 8.34. The molecule has 1 atom stereocenters. The van der Waals surface area contributed by atoms with Gasteiger partial charge < -0.3 is 24.8 Å². The van der Waals surface area contributed by atoms with Crippen LogP contribution in [0.25, 0.3) is 0 Å². The second-order valence-corrected chi connectivity index (χ2v) is 13.9. The van der Waals surface area contributed by atoms with E-state index in [-0.39, 0.29) is 11.8 Å². The van der Waals surface area contributed by atoms with Crippen molar-refractivity contribution in [2.24, 2.45) is 0 Å². The van der Waals surface area contributed by atoms with Crippen LogP contribution in [-0.2, 0) is 29.0 Å². The number of hydrogen-bond acceptors (Lipinski definition) is 9. The largest absolute Gasteiger partial charge is 0.493 e. The lowest BCUT2D eigenvalue weighted by Crippen LogP contribution is -2.29. The van der Waals surface area contributed by atoms with E-state index in [9.17, 15) is 14.4 Å². The normalized spacial score (nSPS) is 13.1. The van der Waals surface area contributed by atoms with Crippen molar-refractivity contribution in [3.63, 3.8) is 0 Å². The van der Waals surface area contributed by atoms with Crippen molar-refractivity contribution in [2.45, 2.75) is 29.7 Å². The highest BCUT2D eigenvalue weighted by atomic mass is 32.2. The predicted molar refractivity (Wildman–Crippen MR) is 198 cm³/mol. The Morgan fingerprint density at radius 2 is 1.58 bits per heavy atom. The molecule has 4 aromatic carbocycles. The Morgan fingerprint density at radius 3 is 2.30 bits per heavy atom. The van der Waals surface area contributed by atoms with Crippen LogP contribution in [0.2, 0.25) is 0 Å². The molecule has 1 aliphatic rings.